The van der Waals surface area contributed by atoms with Gasteiger partial charge in [-0.25, -0.2) is 4.79 Å². The first kappa shape index (κ1) is 23.1. The molecular weight excluding hydrogens is 446 g/mol. The van der Waals surface area contributed by atoms with Crippen molar-refractivity contribution < 1.29 is 24.2 Å². The number of nitrogens with one attached hydrogen (secondary N) is 1. The lowest BCUT2D eigenvalue weighted by Gasteiger charge is -2.45. The van der Waals surface area contributed by atoms with E-state index in [9.17, 15) is 14.4 Å². The topological polar surface area (TPSA) is 99.2 Å². The minimum Gasteiger partial charge on any atom is -0.481 e. The van der Waals surface area contributed by atoms with E-state index in [4.69, 9.17) is 21.4 Å². The van der Waals surface area contributed by atoms with Gasteiger partial charge in [-0.2, -0.15) is 0 Å². The molecule has 3 fully saturated rings. The van der Waals surface area contributed by atoms with Crippen LogP contribution in [0.2, 0.25) is 5.02 Å². The summed E-state index contributed by atoms with van der Waals surface area (Å²) in [5.41, 5.74) is 1.27. The summed E-state index contributed by atoms with van der Waals surface area (Å²) in [4.78, 5) is 38.7. The van der Waals surface area contributed by atoms with Gasteiger partial charge in [0.05, 0.1) is 16.8 Å². The summed E-state index contributed by atoms with van der Waals surface area (Å²) in [7, 11) is 1.66. The molecule has 0 saturated carbocycles. The number of benzene rings is 2. The summed E-state index contributed by atoms with van der Waals surface area (Å²) in [5, 5.41) is 11.9. The minimum atomic E-state index is -0.879. The van der Waals surface area contributed by atoms with Crippen LogP contribution in [-0.2, 0) is 4.79 Å². The monoisotopic (exact) mass is 471 g/mol. The molecule has 2 amide bonds. The maximum absolute atomic E-state index is 12.8. The van der Waals surface area contributed by atoms with Crippen molar-refractivity contribution in [3.8, 4) is 5.75 Å². The number of carbonyl (C=O) groups is 3. The number of hydrogen-bond donors (Lipinski definition) is 2. The number of fused-ring (bicyclic) bond motifs is 4. The third-order valence-electron chi connectivity index (χ3n) is 6.35. The average Bonchev–Trinajstić information content (AvgIpc) is 2.83. The molecule has 9 heteroatoms. The van der Waals surface area contributed by atoms with E-state index in [1.165, 1.54) is 4.90 Å². The Balaban J connectivity index is 0.000000243. The van der Waals surface area contributed by atoms with E-state index in [0.29, 0.717) is 33.5 Å². The van der Waals surface area contributed by atoms with Crippen LogP contribution in [0.4, 0.5) is 5.69 Å². The standard InChI is InChI=1S/C17H20ClN3O3.C7H6O2/c1-20-14-7-11(18)6-12(16(14)24-9-15(20)22)17(23)19-13-8-21-4-2-10(13)3-5-21;8-7(9)6-4-2-1-3-5-6/h6-7,10,13H,2-5,8-9H2,1H3,(H,19,23);1-5H,(H,8,9). The van der Waals surface area contributed by atoms with E-state index >= 15 is 0 Å². The maximum Gasteiger partial charge on any atom is 0.335 e. The number of carboxylic acids is 1. The number of carboxylic acid groups (broad SMARTS) is 1. The molecule has 6 rings (SSSR count). The lowest BCUT2D eigenvalue weighted by molar-refractivity contribution is -0.121. The van der Waals surface area contributed by atoms with Gasteiger partial charge in [0.25, 0.3) is 11.8 Å². The van der Waals surface area contributed by atoms with Crippen molar-refractivity contribution in [3.63, 3.8) is 0 Å². The Kier molecular flexibility index (Phi) is 6.85. The van der Waals surface area contributed by atoms with Crippen molar-refractivity contribution in [2.24, 2.45) is 5.92 Å². The van der Waals surface area contributed by atoms with E-state index < -0.39 is 5.97 Å². The van der Waals surface area contributed by atoms with Crippen molar-refractivity contribution in [1.29, 1.82) is 0 Å². The van der Waals surface area contributed by atoms with Crippen LogP contribution in [0, 0.1) is 5.92 Å². The second kappa shape index (κ2) is 9.80. The normalized spacial score (nSPS) is 23.0. The van der Waals surface area contributed by atoms with Crippen LogP contribution in [0.25, 0.3) is 0 Å². The van der Waals surface area contributed by atoms with Gasteiger partial charge in [0, 0.05) is 24.7 Å². The van der Waals surface area contributed by atoms with Crippen molar-refractivity contribution in [3.05, 3.63) is 58.6 Å². The molecule has 0 aromatic heterocycles. The quantitative estimate of drug-likeness (QED) is 0.714. The van der Waals surface area contributed by atoms with Crippen molar-refractivity contribution in [2.45, 2.75) is 18.9 Å². The van der Waals surface area contributed by atoms with Gasteiger partial charge in [-0.1, -0.05) is 29.8 Å². The summed E-state index contributed by atoms with van der Waals surface area (Å²) < 4.78 is 5.54. The van der Waals surface area contributed by atoms with E-state index in [0.717, 1.165) is 32.5 Å². The number of rotatable bonds is 3. The third-order valence-corrected chi connectivity index (χ3v) is 6.57. The van der Waals surface area contributed by atoms with Crippen LogP contribution in [0.15, 0.2) is 42.5 Å². The summed E-state index contributed by atoms with van der Waals surface area (Å²) in [6, 6.07) is 11.7. The third kappa shape index (κ3) is 5.12. The molecule has 1 atom stereocenters. The van der Waals surface area contributed by atoms with Gasteiger partial charge in [-0.3, -0.25) is 9.59 Å². The number of amides is 2. The fourth-order valence-electron chi connectivity index (χ4n) is 4.47. The molecule has 8 nitrogen and oxygen atoms in total. The zero-order chi connectivity index (χ0) is 23.5. The zero-order valence-electron chi connectivity index (χ0n) is 18.3. The summed E-state index contributed by atoms with van der Waals surface area (Å²) in [6.45, 7) is 3.09. The molecular formula is C24H26ClN3O5. The molecule has 2 aromatic rings. The minimum absolute atomic E-state index is 0.0642. The molecule has 2 bridgehead atoms. The van der Waals surface area contributed by atoms with Crippen LogP contribution in [0.3, 0.4) is 0 Å². The number of aromatic carboxylic acids is 1. The molecule has 2 N–H and O–H groups in total. The lowest BCUT2D eigenvalue weighted by Crippen LogP contribution is -2.57. The first-order chi connectivity index (χ1) is 15.8. The van der Waals surface area contributed by atoms with Gasteiger partial charge in [0.15, 0.2) is 12.4 Å². The van der Waals surface area contributed by atoms with Crippen LogP contribution < -0.4 is 15.0 Å². The van der Waals surface area contributed by atoms with Gasteiger partial charge in [-0.05, 0) is 56.1 Å². The fraction of sp³-hybridized carbons (Fsp3) is 0.375. The van der Waals surface area contributed by atoms with Crippen molar-refractivity contribution >= 4 is 35.1 Å². The smallest absolute Gasteiger partial charge is 0.335 e. The van der Waals surface area contributed by atoms with Gasteiger partial charge in [0.1, 0.15) is 0 Å². The van der Waals surface area contributed by atoms with Gasteiger partial charge in [0.2, 0.25) is 0 Å². The highest BCUT2D eigenvalue weighted by Crippen LogP contribution is 2.38. The number of halogens is 1. The molecule has 0 radical (unpaired) electrons. The Morgan fingerprint density at radius 3 is 2.42 bits per heavy atom. The first-order valence-corrected chi connectivity index (χ1v) is 11.3. The number of piperidine rings is 3. The van der Waals surface area contributed by atoms with Gasteiger partial charge < -0.3 is 25.0 Å². The van der Waals surface area contributed by atoms with E-state index in [2.05, 4.69) is 10.2 Å². The number of anilines is 1. The molecule has 2 aromatic carbocycles. The Bertz CT molecular complexity index is 1050. The lowest BCUT2D eigenvalue weighted by atomic mass is 9.84. The molecule has 0 aliphatic carbocycles. The molecule has 0 spiro atoms. The Morgan fingerprint density at radius 1 is 1.15 bits per heavy atom. The Labute approximate surface area is 197 Å². The average molecular weight is 472 g/mol. The highest BCUT2D eigenvalue weighted by molar-refractivity contribution is 6.31. The van der Waals surface area contributed by atoms with Crippen LogP contribution in [-0.4, -0.2) is 67.1 Å². The largest absolute Gasteiger partial charge is 0.481 e. The SMILES string of the molecule is CN1C(=O)COc2c(C(=O)NC3CN4CCC3CC4)cc(Cl)cc21.O=C(O)c1ccccc1. The van der Waals surface area contributed by atoms with Gasteiger partial charge in [-0.15, -0.1) is 0 Å². The molecule has 174 valence electrons. The molecule has 4 aliphatic heterocycles. The summed E-state index contributed by atoms with van der Waals surface area (Å²) in [6.07, 6.45) is 2.26. The number of nitrogens with zero attached hydrogens (tertiary/aromatic N) is 2. The van der Waals surface area contributed by atoms with Gasteiger partial charge >= 0.3 is 5.97 Å². The first-order valence-electron chi connectivity index (χ1n) is 10.9. The molecule has 1 unspecified atom stereocenters. The highest BCUT2D eigenvalue weighted by atomic mass is 35.5. The van der Waals surface area contributed by atoms with E-state index in [1.807, 2.05) is 0 Å². The predicted octanol–water partition coefficient (Wildman–Crippen LogP) is 2.90. The van der Waals surface area contributed by atoms with Crippen LogP contribution in [0.5, 0.6) is 5.75 Å². The molecule has 4 heterocycles. The van der Waals surface area contributed by atoms with Crippen LogP contribution in [0.1, 0.15) is 33.6 Å². The number of ether oxygens (including phenoxy) is 1. The Hall–Kier alpha value is -3.10. The molecule has 4 aliphatic rings. The molecule has 3 saturated heterocycles. The van der Waals surface area contributed by atoms with Crippen LogP contribution >= 0.6 is 11.6 Å². The zero-order valence-corrected chi connectivity index (χ0v) is 19.0. The predicted molar refractivity (Wildman–Crippen MR) is 124 cm³/mol. The second-order valence-electron chi connectivity index (χ2n) is 8.43. The summed E-state index contributed by atoms with van der Waals surface area (Å²) >= 11 is 6.16. The number of carbonyl (C=O) groups excluding carboxylic acids is 2. The Morgan fingerprint density at radius 2 is 1.85 bits per heavy atom. The van der Waals surface area contributed by atoms with E-state index in [1.54, 1.807) is 49.5 Å². The highest BCUT2D eigenvalue weighted by Gasteiger charge is 2.36. The van der Waals surface area contributed by atoms with Crippen molar-refractivity contribution in [2.75, 3.05) is 38.2 Å². The number of hydrogen-bond acceptors (Lipinski definition) is 5. The summed E-state index contributed by atoms with van der Waals surface area (Å²) in [5.74, 6) is -0.251. The number of likely N-dealkylation sites (N-methyl/N-ethyl adjacent to an activating group) is 1. The fourth-order valence-corrected chi connectivity index (χ4v) is 4.68. The molecule has 33 heavy (non-hydrogen) atoms. The van der Waals surface area contributed by atoms with Crippen molar-refractivity contribution in [1.82, 2.24) is 10.2 Å². The second-order valence-corrected chi connectivity index (χ2v) is 8.87. The maximum atomic E-state index is 12.8. The van der Waals surface area contributed by atoms with E-state index in [-0.39, 0.29) is 24.5 Å².